The SMILES string of the molecule is Cc1cc(C)cc(C(=O)NCC(=O)NCCN2CCN(c3ccc(F)cc3)CC2)c1. The fourth-order valence-corrected chi connectivity index (χ4v) is 3.67. The lowest BCUT2D eigenvalue weighted by atomic mass is 10.1. The first-order chi connectivity index (χ1) is 14.4. The molecule has 0 saturated carbocycles. The second-order valence-corrected chi connectivity index (χ2v) is 7.71. The zero-order valence-corrected chi connectivity index (χ0v) is 17.6. The number of nitrogens with zero attached hydrogens (tertiary/aromatic N) is 2. The maximum atomic E-state index is 13.1. The van der Waals surface area contributed by atoms with Crippen LogP contribution in [0.2, 0.25) is 0 Å². The predicted octanol–water partition coefficient (Wildman–Crippen LogP) is 2.11. The molecule has 0 unspecified atom stereocenters. The van der Waals surface area contributed by atoms with Crippen LogP contribution >= 0.6 is 0 Å². The summed E-state index contributed by atoms with van der Waals surface area (Å²) in [4.78, 5) is 28.8. The number of piperazine rings is 1. The topological polar surface area (TPSA) is 64.7 Å². The minimum Gasteiger partial charge on any atom is -0.369 e. The molecular weight excluding hydrogens is 383 g/mol. The molecule has 0 aliphatic carbocycles. The molecule has 1 fully saturated rings. The van der Waals surface area contributed by atoms with E-state index in [1.165, 1.54) is 12.1 Å². The van der Waals surface area contributed by atoms with Crippen molar-refractivity contribution in [3.05, 3.63) is 65.0 Å². The highest BCUT2D eigenvalue weighted by molar-refractivity contribution is 5.96. The van der Waals surface area contributed by atoms with Crippen molar-refractivity contribution < 1.29 is 14.0 Å². The van der Waals surface area contributed by atoms with Crippen molar-refractivity contribution in [1.82, 2.24) is 15.5 Å². The number of carbonyl (C=O) groups excluding carboxylic acids is 2. The van der Waals surface area contributed by atoms with E-state index in [4.69, 9.17) is 0 Å². The van der Waals surface area contributed by atoms with Crippen LogP contribution in [0.15, 0.2) is 42.5 Å². The van der Waals surface area contributed by atoms with Crippen molar-refractivity contribution in [2.75, 3.05) is 50.7 Å². The Morgan fingerprint density at radius 2 is 1.57 bits per heavy atom. The van der Waals surface area contributed by atoms with Crippen molar-refractivity contribution in [2.45, 2.75) is 13.8 Å². The van der Waals surface area contributed by atoms with Gasteiger partial charge in [-0.3, -0.25) is 14.5 Å². The Labute approximate surface area is 177 Å². The highest BCUT2D eigenvalue weighted by Gasteiger charge is 2.17. The lowest BCUT2D eigenvalue weighted by Gasteiger charge is -2.36. The van der Waals surface area contributed by atoms with Gasteiger partial charge in [-0.15, -0.1) is 0 Å². The average molecular weight is 413 g/mol. The summed E-state index contributed by atoms with van der Waals surface area (Å²) in [5.41, 5.74) is 3.64. The minimum atomic E-state index is -0.242. The van der Waals surface area contributed by atoms with Crippen LogP contribution in [0.1, 0.15) is 21.5 Å². The third-order valence-corrected chi connectivity index (χ3v) is 5.21. The van der Waals surface area contributed by atoms with Crippen LogP contribution in [-0.2, 0) is 4.79 Å². The second-order valence-electron chi connectivity index (χ2n) is 7.71. The molecule has 0 aromatic heterocycles. The summed E-state index contributed by atoms with van der Waals surface area (Å²) in [7, 11) is 0. The van der Waals surface area contributed by atoms with E-state index >= 15 is 0 Å². The molecule has 0 bridgehead atoms. The number of carbonyl (C=O) groups is 2. The Hall–Kier alpha value is -2.93. The molecular formula is C23H29FN4O2. The van der Waals surface area contributed by atoms with Crippen molar-refractivity contribution >= 4 is 17.5 Å². The molecule has 1 heterocycles. The van der Waals surface area contributed by atoms with Gasteiger partial charge in [-0.25, -0.2) is 4.39 Å². The number of hydrogen-bond acceptors (Lipinski definition) is 4. The number of amides is 2. The normalized spacial score (nSPS) is 14.4. The Kier molecular flexibility index (Phi) is 7.41. The van der Waals surface area contributed by atoms with E-state index in [2.05, 4.69) is 20.4 Å². The number of nitrogens with one attached hydrogen (secondary N) is 2. The van der Waals surface area contributed by atoms with E-state index in [-0.39, 0.29) is 24.2 Å². The van der Waals surface area contributed by atoms with Gasteiger partial charge >= 0.3 is 0 Å². The first-order valence-corrected chi connectivity index (χ1v) is 10.3. The number of hydrogen-bond donors (Lipinski definition) is 2. The van der Waals surface area contributed by atoms with Crippen molar-refractivity contribution in [1.29, 1.82) is 0 Å². The third kappa shape index (κ3) is 6.29. The van der Waals surface area contributed by atoms with Gasteiger partial charge < -0.3 is 15.5 Å². The average Bonchev–Trinajstić information content (AvgIpc) is 2.72. The van der Waals surface area contributed by atoms with E-state index in [9.17, 15) is 14.0 Å². The zero-order valence-electron chi connectivity index (χ0n) is 17.6. The summed E-state index contributed by atoms with van der Waals surface area (Å²) in [6.45, 7) is 8.64. The molecule has 2 aromatic carbocycles. The molecule has 30 heavy (non-hydrogen) atoms. The van der Waals surface area contributed by atoms with E-state index in [0.29, 0.717) is 12.1 Å². The molecule has 1 aliphatic rings. The van der Waals surface area contributed by atoms with Gasteiger partial charge in [-0.2, -0.15) is 0 Å². The highest BCUT2D eigenvalue weighted by atomic mass is 19.1. The Balaban J connectivity index is 1.33. The summed E-state index contributed by atoms with van der Waals surface area (Å²) in [6.07, 6.45) is 0. The van der Waals surface area contributed by atoms with Gasteiger partial charge in [0.2, 0.25) is 5.91 Å². The van der Waals surface area contributed by atoms with E-state index in [1.54, 1.807) is 12.1 Å². The van der Waals surface area contributed by atoms with Crippen LogP contribution in [0.25, 0.3) is 0 Å². The fraction of sp³-hybridized carbons (Fsp3) is 0.391. The van der Waals surface area contributed by atoms with Crippen molar-refractivity contribution in [3.63, 3.8) is 0 Å². The first kappa shape index (κ1) is 21.8. The monoisotopic (exact) mass is 412 g/mol. The fourth-order valence-electron chi connectivity index (χ4n) is 3.67. The molecule has 160 valence electrons. The molecule has 6 nitrogen and oxygen atoms in total. The summed E-state index contributed by atoms with van der Waals surface area (Å²) in [6, 6.07) is 12.2. The molecule has 0 radical (unpaired) electrons. The molecule has 2 amide bonds. The summed E-state index contributed by atoms with van der Waals surface area (Å²) >= 11 is 0. The summed E-state index contributed by atoms with van der Waals surface area (Å²) in [5, 5.41) is 5.53. The van der Waals surface area contributed by atoms with Gasteiger partial charge in [-0.1, -0.05) is 17.2 Å². The maximum Gasteiger partial charge on any atom is 0.251 e. The highest BCUT2D eigenvalue weighted by Crippen LogP contribution is 2.16. The molecule has 0 spiro atoms. The Morgan fingerprint density at radius 3 is 2.20 bits per heavy atom. The largest absolute Gasteiger partial charge is 0.369 e. The van der Waals surface area contributed by atoms with Crippen LogP contribution in [0.5, 0.6) is 0 Å². The standard InChI is InChI=1S/C23H29FN4O2/c1-17-13-18(2)15-19(14-17)23(30)26-16-22(29)25-7-8-27-9-11-28(12-10-27)21-5-3-20(24)4-6-21/h3-6,13-15H,7-12,16H2,1-2H3,(H,25,29)(H,26,30). The third-order valence-electron chi connectivity index (χ3n) is 5.21. The second kappa shape index (κ2) is 10.2. The van der Waals surface area contributed by atoms with E-state index in [1.807, 2.05) is 32.0 Å². The smallest absolute Gasteiger partial charge is 0.251 e. The van der Waals surface area contributed by atoms with Gasteiger partial charge in [0, 0.05) is 50.5 Å². The molecule has 7 heteroatoms. The Morgan fingerprint density at radius 1 is 0.933 bits per heavy atom. The first-order valence-electron chi connectivity index (χ1n) is 10.3. The van der Waals surface area contributed by atoms with Crippen LogP contribution < -0.4 is 15.5 Å². The molecule has 2 aromatic rings. The van der Waals surface area contributed by atoms with Crippen LogP contribution in [0.3, 0.4) is 0 Å². The lowest BCUT2D eigenvalue weighted by molar-refractivity contribution is -0.120. The number of benzene rings is 2. The van der Waals surface area contributed by atoms with Gasteiger partial charge in [0.05, 0.1) is 6.54 Å². The van der Waals surface area contributed by atoms with Crippen LogP contribution in [0, 0.1) is 19.7 Å². The summed E-state index contributed by atoms with van der Waals surface area (Å²) < 4.78 is 13.1. The lowest BCUT2D eigenvalue weighted by Crippen LogP contribution is -2.49. The molecule has 3 rings (SSSR count). The maximum absolute atomic E-state index is 13.1. The predicted molar refractivity (Wildman–Crippen MR) is 116 cm³/mol. The molecule has 1 saturated heterocycles. The molecule has 0 atom stereocenters. The number of aryl methyl sites for hydroxylation is 2. The quantitative estimate of drug-likeness (QED) is 0.731. The zero-order chi connectivity index (χ0) is 21.5. The van der Waals surface area contributed by atoms with Crippen molar-refractivity contribution in [3.8, 4) is 0 Å². The van der Waals surface area contributed by atoms with E-state index < -0.39 is 0 Å². The molecule has 1 aliphatic heterocycles. The number of rotatable bonds is 7. The number of halogens is 1. The molecule has 2 N–H and O–H groups in total. The number of anilines is 1. The van der Waals surface area contributed by atoms with Crippen molar-refractivity contribution in [2.24, 2.45) is 0 Å². The Bertz CT molecular complexity index is 857. The van der Waals surface area contributed by atoms with Gasteiger partial charge in [0.25, 0.3) is 5.91 Å². The van der Waals surface area contributed by atoms with Gasteiger partial charge in [-0.05, 0) is 50.2 Å². The van der Waals surface area contributed by atoms with E-state index in [0.717, 1.165) is 49.5 Å². The minimum absolute atomic E-state index is 0.0375. The van der Waals surface area contributed by atoms with Gasteiger partial charge in [0.1, 0.15) is 5.82 Å². The summed E-state index contributed by atoms with van der Waals surface area (Å²) in [5.74, 6) is -0.662. The van der Waals surface area contributed by atoms with Crippen LogP contribution in [-0.4, -0.2) is 62.5 Å². The van der Waals surface area contributed by atoms with Gasteiger partial charge in [0.15, 0.2) is 0 Å². The van der Waals surface area contributed by atoms with Crippen LogP contribution in [0.4, 0.5) is 10.1 Å².